The molecule has 82 valence electrons. The monoisotopic (exact) mass is 227 g/mol. The second kappa shape index (κ2) is 3.80. The summed E-state index contributed by atoms with van der Waals surface area (Å²) >= 11 is 0. The maximum absolute atomic E-state index is 11.3. The van der Waals surface area contributed by atoms with Gasteiger partial charge in [-0.15, -0.1) is 0 Å². The van der Waals surface area contributed by atoms with Crippen LogP contribution in [0.5, 0.6) is 0 Å². The third kappa shape index (κ3) is 2.11. The van der Waals surface area contributed by atoms with Crippen LogP contribution in [0.25, 0.3) is 0 Å². The quantitative estimate of drug-likeness (QED) is 0.725. The third-order valence-electron chi connectivity index (χ3n) is 2.35. The molecule has 1 aromatic rings. The summed E-state index contributed by atoms with van der Waals surface area (Å²) < 4.78 is 22.6. The minimum atomic E-state index is -3.59. The molecule has 0 saturated carbocycles. The van der Waals surface area contributed by atoms with Crippen LogP contribution in [0, 0.1) is 0 Å². The predicted octanol–water partition coefficient (Wildman–Crippen LogP) is -0.332. The van der Waals surface area contributed by atoms with Gasteiger partial charge in [0, 0.05) is 18.8 Å². The molecule has 0 aliphatic carbocycles. The number of nitrogens with one attached hydrogen (secondary N) is 1. The molecule has 0 aromatic heterocycles. The SMILES string of the molecule is NS(=O)(=O)C1NCCN1c1ccccc1. The van der Waals surface area contributed by atoms with E-state index in [9.17, 15) is 8.42 Å². The smallest absolute Gasteiger partial charge is 0.244 e. The highest BCUT2D eigenvalue weighted by Crippen LogP contribution is 2.19. The molecule has 5 nitrogen and oxygen atoms in total. The van der Waals surface area contributed by atoms with E-state index in [0.717, 1.165) is 5.69 Å². The largest absolute Gasteiger partial charge is 0.341 e. The topological polar surface area (TPSA) is 75.4 Å². The molecule has 0 amide bonds. The van der Waals surface area contributed by atoms with Gasteiger partial charge < -0.3 is 4.90 Å². The van der Waals surface area contributed by atoms with Crippen LogP contribution in [-0.4, -0.2) is 27.0 Å². The van der Waals surface area contributed by atoms with E-state index in [0.29, 0.717) is 13.1 Å². The van der Waals surface area contributed by atoms with Crippen LogP contribution in [0.3, 0.4) is 0 Å². The number of benzene rings is 1. The molecule has 1 fully saturated rings. The zero-order valence-electron chi connectivity index (χ0n) is 8.13. The fourth-order valence-electron chi connectivity index (χ4n) is 1.71. The Balaban J connectivity index is 2.30. The van der Waals surface area contributed by atoms with Gasteiger partial charge in [-0.3, -0.25) is 5.32 Å². The molecule has 3 N–H and O–H groups in total. The number of para-hydroxylation sites is 1. The van der Waals surface area contributed by atoms with Crippen LogP contribution in [-0.2, 0) is 10.0 Å². The zero-order chi connectivity index (χ0) is 10.9. The molecule has 1 aliphatic rings. The molecule has 1 unspecified atom stereocenters. The first-order chi connectivity index (χ1) is 7.09. The van der Waals surface area contributed by atoms with Crippen molar-refractivity contribution in [2.24, 2.45) is 5.14 Å². The van der Waals surface area contributed by atoms with Gasteiger partial charge >= 0.3 is 0 Å². The molecule has 1 atom stereocenters. The van der Waals surface area contributed by atoms with E-state index in [-0.39, 0.29) is 0 Å². The number of primary sulfonamides is 1. The summed E-state index contributed by atoms with van der Waals surface area (Å²) in [6.07, 6.45) is 0. The first-order valence-corrected chi connectivity index (χ1v) is 6.27. The van der Waals surface area contributed by atoms with E-state index in [1.165, 1.54) is 0 Å². The van der Waals surface area contributed by atoms with Gasteiger partial charge in [-0.1, -0.05) is 18.2 Å². The Morgan fingerprint density at radius 2 is 2.00 bits per heavy atom. The van der Waals surface area contributed by atoms with Gasteiger partial charge in [-0.05, 0) is 12.1 Å². The number of sulfonamides is 1. The van der Waals surface area contributed by atoms with Crippen molar-refractivity contribution in [3.63, 3.8) is 0 Å². The van der Waals surface area contributed by atoms with E-state index in [1.807, 2.05) is 30.3 Å². The number of rotatable bonds is 2. The highest BCUT2D eigenvalue weighted by molar-refractivity contribution is 7.89. The van der Waals surface area contributed by atoms with Gasteiger partial charge in [0.2, 0.25) is 10.0 Å². The molecule has 6 heteroatoms. The fraction of sp³-hybridized carbons (Fsp3) is 0.333. The summed E-state index contributed by atoms with van der Waals surface area (Å²) in [6.45, 7) is 1.26. The van der Waals surface area contributed by atoms with E-state index in [2.05, 4.69) is 5.32 Å². The first-order valence-electron chi connectivity index (χ1n) is 4.66. The van der Waals surface area contributed by atoms with E-state index in [1.54, 1.807) is 4.90 Å². The number of nitrogens with zero attached hydrogens (tertiary/aromatic N) is 1. The number of nitrogens with two attached hydrogens (primary N) is 1. The van der Waals surface area contributed by atoms with Crippen molar-refractivity contribution in [3.8, 4) is 0 Å². The molecule has 1 aromatic carbocycles. The Morgan fingerprint density at radius 3 is 2.60 bits per heavy atom. The van der Waals surface area contributed by atoms with Crippen LogP contribution in [0.15, 0.2) is 30.3 Å². The van der Waals surface area contributed by atoms with Gasteiger partial charge in [0.05, 0.1) is 0 Å². The average molecular weight is 227 g/mol. The summed E-state index contributed by atoms with van der Waals surface area (Å²) in [5.74, 6) is 0. The van der Waals surface area contributed by atoms with Gasteiger partial charge in [0.1, 0.15) is 0 Å². The van der Waals surface area contributed by atoms with Crippen molar-refractivity contribution in [2.75, 3.05) is 18.0 Å². The number of anilines is 1. The summed E-state index contributed by atoms with van der Waals surface area (Å²) in [6, 6.07) is 9.36. The van der Waals surface area contributed by atoms with Crippen LogP contribution >= 0.6 is 0 Å². The molecule has 0 spiro atoms. The lowest BCUT2D eigenvalue weighted by molar-refractivity contribution is 0.573. The van der Waals surface area contributed by atoms with E-state index in [4.69, 9.17) is 5.14 Å². The first kappa shape index (κ1) is 10.4. The third-order valence-corrected chi connectivity index (χ3v) is 3.40. The average Bonchev–Trinajstić information content (AvgIpc) is 2.67. The highest BCUT2D eigenvalue weighted by Gasteiger charge is 2.32. The summed E-state index contributed by atoms with van der Waals surface area (Å²) in [7, 11) is -3.59. The number of hydrogen-bond donors (Lipinski definition) is 2. The van der Waals surface area contributed by atoms with E-state index >= 15 is 0 Å². The molecular formula is C9H13N3O2S. The molecule has 15 heavy (non-hydrogen) atoms. The van der Waals surface area contributed by atoms with Crippen molar-refractivity contribution >= 4 is 15.7 Å². The minimum absolute atomic E-state index is 0.621. The van der Waals surface area contributed by atoms with Crippen LogP contribution in [0.2, 0.25) is 0 Å². The lowest BCUT2D eigenvalue weighted by atomic mass is 10.3. The lowest BCUT2D eigenvalue weighted by Gasteiger charge is -2.24. The Bertz CT molecular complexity index is 432. The second-order valence-electron chi connectivity index (χ2n) is 3.42. The maximum Gasteiger partial charge on any atom is 0.244 e. The fourth-order valence-corrected chi connectivity index (χ4v) is 2.65. The van der Waals surface area contributed by atoms with Gasteiger partial charge in [0.25, 0.3) is 0 Å². The van der Waals surface area contributed by atoms with Crippen LogP contribution in [0.4, 0.5) is 5.69 Å². The predicted molar refractivity (Wildman–Crippen MR) is 58.7 cm³/mol. The zero-order valence-corrected chi connectivity index (χ0v) is 8.94. The molecule has 1 aliphatic heterocycles. The molecule has 0 radical (unpaired) electrons. The Labute approximate surface area is 88.9 Å². The molecule has 1 heterocycles. The summed E-state index contributed by atoms with van der Waals surface area (Å²) in [4.78, 5) is 1.75. The highest BCUT2D eigenvalue weighted by atomic mass is 32.2. The Hall–Kier alpha value is -1.11. The van der Waals surface area contributed by atoms with Crippen molar-refractivity contribution in [1.82, 2.24) is 5.32 Å². The summed E-state index contributed by atoms with van der Waals surface area (Å²) in [5, 5.41) is 7.99. The van der Waals surface area contributed by atoms with Crippen molar-refractivity contribution in [2.45, 2.75) is 5.50 Å². The van der Waals surface area contributed by atoms with E-state index < -0.39 is 15.5 Å². The van der Waals surface area contributed by atoms with Crippen molar-refractivity contribution in [1.29, 1.82) is 0 Å². The lowest BCUT2D eigenvalue weighted by Crippen LogP contribution is -2.46. The second-order valence-corrected chi connectivity index (χ2v) is 5.05. The van der Waals surface area contributed by atoms with Crippen LogP contribution < -0.4 is 15.4 Å². The Morgan fingerprint density at radius 1 is 1.33 bits per heavy atom. The maximum atomic E-state index is 11.3. The Kier molecular flexibility index (Phi) is 2.64. The molecular weight excluding hydrogens is 214 g/mol. The van der Waals surface area contributed by atoms with Gasteiger partial charge in [-0.25, -0.2) is 13.6 Å². The standard InChI is InChI=1S/C9H13N3O2S/c10-15(13,14)9-11-6-7-12(9)8-4-2-1-3-5-8/h1-5,9,11H,6-7H2,(H2,10,13,14). The minimum Gasteiger partial charge on any atom is -0.341 e. The molecule has 0 bridgehead atoms. The van der Waals surface area contributed by atoms with Gasteiger partial charge in [0.15, 0.2) is 5.50 Å². The van der Waals surface area contributed by atoms with Crippen molar-refractivity contribution < 1.29 is 8.42 Å². The number of hydrogen-bond acceptors (Lipinski definition) is 4. The van der Waals surface area contributed by atoms with Crippen LogP contribution in [0.1, 0.15) is 0 Å². The normalized spacial score (nSPS) is 21.9. The molecule has 1 saturated heterocycles. The summed E-state index contributed by atoms with van der Waals surface area (Å²) in [5.41, 5.74) is 0.0569. The molecule has 2 rings (SSSR count). The van der Waals surface area contributed by atoms with Gasteiger partial charge in [-0.2, -0.15) is 0 Å². The van der Waals surface area contributed by atoms with Crippen molar-refractivity contribution in [3.05, 3.63) is 30.3 Å².